The number of hydrogen-bond acceptors (Lipinski definition) is 3. The molecule has 250 valence electrons. The third kappa shape index (κ3) is 5.81. The molecule has 53 heavy (non-hydrogen) atoms. The molecule has 8 aromatic rings. The lowest BCUT2D eigenvalue weighted by Gasteiger charge is -2.21. The first kappa shape index (κ1) is 32.0. The first-order chi connectivity index (χ1) is 26.0. The summed E-state index contributed by atoms with van der Waals surface area (Å²) in [7, 11) is 0. The Labute approximate surface area is 310 Å². The number of rotatable bonds is 6. The SMILES string of the molecule is CC1(C)c2ccc(-c3cccc(-c4ccc(-c5cc(-c6ccc(-c7ccccc7)cc6)nc(-c6ccccc6)n5)cc4)c3)cc2-c2c(C#N)cccc21. The normalized spacial score (nSPS) is 12.5. The fraction of sp³-hybridized carbons (Fsp3) is 0.0600. The van der Waals surface area contributed by atoms with Gasteiger partial charge in [-0.05, 0) is 74.3 Å². The maximum absolute atomic E-state index is 9.96. The van der Waals surface area contributed by atoms with Gasteiger partial charge in [0.05, 0.1) is 23.0 Å². The van der Waals surface area contributed by atoms with Gasteiger partial charge in [0.2, 0.25) is 0 Å². The zero-order valence-corrected chi connectivity index (χ0v) is 29.6. The van der Waals surface area contributed by atoms with E-state index in [0.29, 0.717) is 5.82 Å². The molecule has 0 amide bonds. The zero-order chi connectivity index (χ0) is 35.9. The van der Waals surface area contributed by atoms with E-state index < -0.39 is 0 Å². The summed E-state index contributed by atoms with van der Waals surface area (Å²) in [6.07, 6.45) is 0. The minimum absolute atomic E-state index is 0.154. The maximum Gasteiger partial charge on any atom is 0.160 e. The van der Waals surface area contributed by atoms with Gasteiger partial charge in [0.25, 0.3) is 0 Å². The van der Waals surface area contributed by atoms with Crippen molar-refractivity contribution < 1.29 is 0 Å². The number of fused-ring (bicyclic) bond motifs is 3. The van der Waals surface area contributed by atoms with Gasteiger partial charge in [-0.25, -0.2) is 9.97 Å². The molecule has 0 aliphatic heterocycles. The molecule has 7 aromatic carbocycles. The van der Waals surface area contributed by atoms with Crippen LogP contribution in [-0.4, -0.2) is 9.97 Å². The number of nitriles is 1. The van der Waals surface area contributed by atoms with E-state index in [-0.39, 0.29) is 5.41 Å². The quantitative estimate of drug-likeness (QED) is 0.176. The van der Waals surface area contributed by atoms with Crippen molar-refractivity contribution in [3.8, 4) is 84.5 Å². The Morgan fingerprint density at radius 2 is 0.887 bits per heavy atom. The summed E-state index contributed by atoms with van der Waals surface area (Å²) < 4.78 is 0. The van der Waals surface area contributed by atoms with Gasteiger partial charge in [0.15, 0.2) is 5.82 Å². The highest BCUT2D eigenvalue weighted by atomic mass is 14.9. The van der Waals surface area contributed by atoms with Crippen LogP contribution in [0.5, 0.6) is 0 Å². The third-order valence-electron chi connectivity index (χ3n) is 10.6. The van der Waals surface area contributed by atoms with Gasteiger partial charge in [-0.2, -0.15) is 5.26 Å². The second-order valence-corrected chi connectivity index (χ2v) is 14.2. The van der Waals surface area contributed by atoms with E-state index in [1.165, 1.54) is 22.3 Å². The molecular weight excluding hydrogens is 643 g/mol. The van der Waals surface area contributed by atoms with Gasteiger partial charge in [0.1, 0.15) is 0 Å². The van der Waals surface area contributed by atoms with E-state index in [0.717, 1.165) is 67.0 Å². The van der Waals surface area contributed by atoms with Crippen molar-refractivity contribution in [1.82, 2.24) is 9.97 Å². The molecule has 3 heteroatoms. The molecule has 0 atom stereocenters. The van der Waals surface area contributed by atoms with Crippen LogP contribution >= 0.6 is 0 Å². The molecular formula is C50H35N3. The van der Waals surface area contributed by atoms with Gasteiger partial charge in [0, 0.05) is 27.7 Å². The summed E-state index contributed by atoms with van der Waals surface area (Å²) >= 11 is 0. The minimum atomic E-state index is -0.154. The Morgan fingerprint density at radius 3 is 1.51 bits per heavy atom. The predicted molar refractivity (Wildman–Crippen MR) is 217 cm³/mol. The highest BCUT2D eigenvalue weighted by molar-refractivity contribution is 5.88. The minimum Gasteiger partial charge on any atom is -0.228 e. The lowest BCUT2D eigenvalue weighted by molar-refractivity contribution is 0.660. The van der Waals surface area contributed by atoms with E-state index in [1.807, 2.05) is 36.4 Å². The van der Waals surface area contributed by atoms with E-state index >= 15 is 0 Å². The number of benzene rings is 7. The van der Waals surface area contributed by atoms with Crippen LogP contribution in [-0.2, 0) is 5.41 Å². The zero-order valence-electron chi connectivity index (χ0n) is 29.6. The maximum atomic E-state index is 9.96. The van der Waals surface area contributed by atoms with Gasteiger partial charge in [-0.3, -0.25) is 0 Å². The van der Waals surface area contributed by atoms with Crippen LogP contribution in [0.25, 0.3) is 78.4 Å². The van der Waals surface area contributed by atoms with Crippen molar-refractivity contribution in [3.05, 3.63) is 193 Å². The van der Waals surface area contributed by atoms with Gasteiger partial charge >= 0.3 is 0 Å². The lowest BCUT2D eigenvalue weighted by Crippen LogP contribution is -2.14. The first-order valence-corrected chi connectivity index (χ1v) is 18.0. The second-order valence-electron chi connectivity index (χ2n) is 14.2. The Morgan fingerprint density at radius 1 is 0.415 bits per heavy atom. The topological polar surface area (TPSA) is 49.6 Å². The van der Waals surface area contributed by atoms with Crippen molar-refractivity contribution in [2.24, 2.45) is 0 Å². The smallest absolute Gasteiger partial charge is 0.160 e. The number of aromatic nitrogens is 2. The van der Waals surface area contributed by atoms with Crippen LogP contribution in [0.15, 0.2) is 176 Å². The van der Waals surface area contributed by atoms with Crippen molar-refractivity contribution in [1.29, 1.82) is 5.26 Å². The Balaban J connectivity index is 1.05. The summed E-state index contributed by atoms with van der Waals surface area (Å²) in [6.45, 7) is 4.49. The van der Waals surface area contributed by atoms with Crippen molar-refractivity contribution in [3.63, 3.8) is 0 Å². The summed E-state index contributed by atoms with van der Waals surface area (Å²) in [5.74, 6) is 0.698. The summed E-state index contributed by atoms with van der Waals surface area (Å²) in [5, 5.41) is 9.96. The van der Waals surface area contributed by atoms with E-state index in [4.69, 9.17) is 9.97 Å². The summed E-state index contributed by atoms with van der Waals surface area (Å²) in [4.78, 5) is 10.1. The molecule has 0 radical (unpaired) electrons. The highest BCUT2D eigenvalue weighted by Gasteiger charge is 2.36. The molecule has 0 bridgehead atoms. The molecule has 1 aromatic heterocycles. The average Bonchev–Trinajstić information content (AvgIpc) is 3.47. The number of hydrogen-bond donors (Lipinski definition) is 0. The summed E-state index contributed by atoms with van der Waals surface area (Å²) in [6, 6.07) is 63.9. The Hall–Kier alpha value is -6.89. The molecule has 1 heterocycles. The van der Waals surface area contributed by atoms with Gasteiger partial charge in [-0.15, -0.1) is 0 Å². The largest absolute Gasteiger partial charge is 0.228 e. The molecule has 0 saturated carbocycles. The monoisotopic (exact) mass is 677 g/mol. The fourth-order valence-electron chi connectivity index (χ4n) is 7.71. The number of nitrogens with zero attached hydrogens (tertiary/aromatic N) is 3. The van der Waals surface area contributed by atoms with E-state index in [1.54, 1.807) is 0 Å². The predicted octanol–water partition coefficient (Wildman–Crippen LogP) is 12.7. The van der Waals surface area contributed by atoms with Crippen LogP contribution in [0, 0.1) is 11.3 Å². The molecule has 0 N–H and O–H groups in total. The van der Waals surface area contributed by atoms with E-state index in [9.17, 15) is 5.26 Å². The van der Waals surface area contributed by atoms with Crippen molar-refractivity contribution in [2.45, 2.75) is 19.3 Å². The van der Waals surface area contributed by atoms with Gasteiger partial charge in [-0.1, -0.05) is 166 Å². The van der Waals surface area contributed by atoms with Crippen LogP contribution in [0.3, 0.4) is 0 Å². The third-order valence-corrected chi connectivity index (χ3v) is 10.6. The molecule has 3 nitrogen and oxygen atoms in total. The molecule has 9 rings (SSSR count). The lowest BCUT2D eigenvalue weighted by atomic mass is 9.82. The van der Waals surface area contributed by atoms with Crippen LogP contribution in [0.4, 0.5) is 0 Å². The fourth-order valence-corrected chi connectivity index (χ4v) is 7.71. The van der Waals surface area contributed by atoms with Crippen LogP contribution < -0.4 is 0 Å². The average molecular weight is 678 g/mol. The molecule has 1 aliphatic carbocycles. The standard InChI is InChI=1S/C50H35N3/c1-50(2)44-28-27-41(30-43(44)48-42(32-51)17-10-18-45(48)50)40-16-9-15-39(29-40)35-21-25-37(26-22-35)47-31-46(52-49(53-47)38-13-7-4-8-14-38)36-23-19-34(20-24-36)33-11-5-3-6-12-33/h3-31H,1-2H3. The van der Waals surface area contributed by atoms with E-state index in [2.05, 4.69) is 159 Å². The Bertz CT molecular complexity index is 2670. The molecule has 0 fully saturated rings. The van der Waals surface area contributed by atoms with Crippen molar-refractivity contribution in [2.75, 3.05) is 0 Å². The molecule has 1 aliphatic rings. The van der Waals surface area contributed by atoms with Gasteiger partial charge < -0.3 is 0 Å². The molecule has 0 unspecified atom stereocenters. The first-order valence-electron chi connectivity index (χ1n) is 18.0. The Kier molecular flexibility index (Phi) is 7.87. The highest BCUT2D eigenvalue weighted by Crippen LogP contribution is 2.51. The molecule has 0 saturated heterocycles. The van der Waals surface area contributed by atoms with Crippen LogP contribution in [0.2, 0.25) is 0 Å². The summed E-state index contributed by atoms with van der Waals surface area (Å²) in [5.41, 5.74) is 17.0. The second kappa shape index (κ2) is 13.0. The van der Waals surface area contributed by atoms with Crippen LogP contribution in [0.1, 0.15) is 30.5 Å². The molecule has 0 spiro atoms. The van der Waals surface area contributed by atoms with Crippen molar-refractivity contribution >= 4 is 0 Å².